The van der Waals surface area contributed by atoms with E-state index in [0.29, 0.717) is 18.9 Å². The number of Topliss-reactive ketones (excluding diaryl/α,β-unsaturated/α-hetero) is 1. The van der Waals surface area contributed by atoms with Gasteiger partial charge in [0.15, 0.2) is 0 Å². The summed E-state index contributed by atoms with van der Waals surface area (Å²) in [5.41, 5.74) is 4.16. The molecule has 4 heteroatoms. The van der Waals surface area contributed by atoms with Gasteiger partial charge in [0, 0.05) is 18.9 Å². The van der Waals surface area contributed by atoms with Gasteiger partial charge in [-0.3, -0.25) is 9.59 Å². The number of benzene rings is 1. The van der Waals surface area contributed by atoms with Crippen LogP contribution in [0.4, 0.5) is 0 Å². The van der Waals surface area contributed by atoms with Crippen molar-refractivity contribution in [2.24, 2.45) is 11.8 Å². The maximum Gasteiger partial charge on any atom is 0.220 e. The first-order valence-corrected chi connectivity index (χ1v) is 8.77. The number of rotatable bonds is 5. The highest BCUT2D eigenvalue weighted by atomic mass is 16.3. The molecule has 3 unspecified atom stereocenters. The second kappa shape index (κ2) is 7.47. The van der Waals surface area contributed by atoms with E-state index in [1.807, 2.05) is 46.8 Å². The summed E-state index contributed by atoms with van der Waals surface area (Å²) >= 11 is 0. The number of aliphatic hydroxyl groups is 1. The van der Waals surface area contributed by atoms with Gasteiger partial charge in [-0.1, -0.05) is 31.5 Å². The highest BCUT2D eigenvalue weighted by Crippen LogP contribution is 2.40. The summed E-state index contributed by atoms with van der Waals surface area (Å²) in [6, 6.07) is 4.09. The number of aryl methyl sites for hydroxylation is 3. The summed E-state index contributed by atoms with van der Waals surface area (Å²) in [6.07, 6.45) is -0.172. The van der Waals surface area contributed by atoms with Gasteiger partial charge in [0.05, 0.1) is 12.0 Å². The smallest absolute Gasteiger partial charge is 0.220 e. The lowest BCUT2D eigenvalue weighted by atomic mass is 9.86. The predicted octanol–water partition coefficient (Wildman–Crippen LogP) is 2.81. The first kappa shape index (κ1) is 18.7. The van der Waals surface area contributed by atoms with Crippen LogP contribution in [0.1, 0.15) is 54.9 Å². The van der Waals surface area contributed by atoms with Crippen LogP contribution in [0.25, 0.3) is 0 Å². The average molecular weight is 331 g/mol. The van der Waals surface area contributed by atoms with Crippen LogP contribution < -0.4 is 5.32 Å². The highest BCUT2D eigenvalue weighted by Gasteiger charge is 2.43. The van der Waals surface area contributed by atoms with E-state index in [1.165, 1.54) is 0 Å². The van der Waals surface area contributed by atoms with Crippen LogP contribution >= 0.6 is 0 Å². The van der Waals surface area contributed by atoms with Gasteiger partial charge in [-0.05, 0) is 49.8 Å². The minimum atomic E-state index is -0.708. The number of carbonyl (C=O) groups excluding carboxylic acids is 2. The molecular weight excluding hydrogens is 302 g/mol. The van der Waals surface area contributed by atoms with Crippen LogP contribution in [0.2, 0.25) is 0 Å². The Morgan fingerprint density at radius 1 is 1.25 bits per heavy atom. The quantitative estimate of drug-likeness (QED) is 0.872. The van der Waals surface area contributed by atoms with Crippen LogP contribution in [-0.4, -0.2) is 29.4 Å². The largest absolute Gasteiger partial charge is 0.392 e. The zero-order valence-electron chi connectivity index (χ0n) is 15.3. The summed E-state index contributed by atoms with van der Waals surface area (Å²) in [6.45, 7) is 10.7. The molecular formula is C20H29NO3. The van der Waals surface area contributed by atoms with E-state index in [1.54, 1.807) is 0 Å². The van der Waals surface area contributed by atoms with E-state index >= 15 is 0 Å². The van der Waals surface area contributed by atoms with Crippen LogP contribution in [0, 0.1) is 32.6 Å². The van der Waals surface area contributed by atoms with Gasteiger partial charge in [0.2, 0.25) is 5.91 Å². The van der Waals surface area contributed by atoms with Crippen molar-refractivity contribution < 1.29 is 14.7 Å². The van der Waals surface area contributed by atoms with Crippen molar-refractivity contribution >= 4 is 11.7 Å². The van der Waals surface area contributed by atoms with Crippen LogP contribution in [0.5, 0.6) is 0 Å². The van der Waals surface area contributed by atoms with Crippen LogP contribution in [0.15, 0.2) is 12.1 Å². The first-order valence-electron chi connectivity index (χ1n) is 8.77. The maximum absolute atomic E-state index is 12.8. The van der Waals surface area contributed by atoms with Crippen molar-refractivity contribution in [2.75, 3.05) is 6.54 Å². The SMILES string of the molecule is Cc1cc(C)c(C2C(=O)C(CC(=O)NCC(C)C)CC2O)c(C)c1. The fraction of sp³-hybridized carbons (Fsp3) is 0.600. The number of hydrogen-bond acceptors (Lipinski definition) is 3. The molecule has 1 amide bonds. The molecule has 1 fully saturated rings. The Bertz CT molecular complexity index is 613. The van der Waals surface area contributed by atoms with Crippen molar-refractivity contribution in [1.29, 1.82) is 0 Å². The van der Waals surface area contributed by atoms with Crippen molar-refractivity contribution in [2.45, 2.75) is 59.5 Å². The van der Waals surface area contributed by atoms with E-state index in [9.17, 15) is 14.7 Å². The number of carbonyl (C=O) groups is 2. The molecule has 0 bridgehead atoms. The number of aliphatic hydroxyl groups excluding tert-OH is 1. The predicted molar refractivity (Wildman–Crippen MR) is 95.0 cm³/mol. The summed E-state index contributed by atoms with van der Waals surface area (Å²) in [4.78, 5) is 24.9. The van der Waals surface area contributed by atoms with E-state index in [0.717, 1.165) is 22.3 Å². The topological polar surface area (TPSA) is 66.4 Å². The second-order valence-electron chi connectivity index (χ2n) is 7.59. The van der Waals surface area contributed by atoms with Crippen molar-refractivity contribution in [3.05, 3.63) is 34.4 Å². The monoisotopic (exact) mass is 331 g/mol. The molecule has 0 aliphatic heterocycles. The first-order chi connectivity index (χ1) is 11.2. The summed E-state index contributed by atoms with van der Waals surface area (Å²) in [5, 5.41) is 13.3. The van der Waals surface area contributed by atoms with Gasteiger partial charge in [-0.2, -0.15) is 0 Å². The molecule has 2 rings (SSSR count). The van der Waals surface area contributed by atoms with E-state index in [4.69, 9.17) is 0 Å². The molecule has 0 aromatic heterocycles. The van der Waals surface area contributed by atoms with E-state index in [2.05, 4.69) is 5.32 Å². The molecule has 3 atom stereocenters. The Balaban J connectivity index is 2.15. The molecule has 1 aliphatic rings. The fourth-order valence-electron chi connectivity index (χ4n) is 3.80. The minimum absolute atomic E-state index is 0.00255. The lowest BCUT2D eigenvalue weighted by Crippen LogP contribution is -2.30. The molecule has 1 aliphatic carbocycles. The van der Waals surface area contributed by atoms with Gasteiger partial charge in [0.25, 0.3) is 0 Å². The summed E-state index contributed by atoms with van der Waals surface area (Å²) in [7, 11) is 0. The molecule has 24 heavy (non-hydrogen) atoms. The lowest BCUT2D eigenvalue weighted by molar-refractivity contribution is -0.128. The Morgan fingerprint density at radius 2 is 1.83 bits per heavy atom. The van der Waals surface area contributed by atoms with Gasteiger partial charge < -0.3 is 10.4 Å². The van der Waals surface area contributed by atoms with Crippen molar-refractivity contribution in [1.82, 2.24) is 5.32 Å². The zero-order valence-corrected chi connectivity index (χ0v) is 15.3. The van der Waals surface area contributed by atoms with Crippen LogP contribution in [-0.2, 0) is 9.59 Å². The third-order valence-corrected chi connectivity index (χ3v) is 4.81. The van der Waals surface area contributed by atoms with E-state index in [-0.39, 0.29) is 18.1 Å². The third-order valence-electron chi connectivity index (χ3n) is 4.81. The molecule has 0 saturated heterocycles. The summed E-state index contributed by atoms with van der Waals surface area (Å²) < 4.78 is 0. The maximum atomic E-state index is 12.8. The number of hydrogen-bond donors (Lipinski definition) is 2. The average Bonchev–Trinajstić information content (AvgIpc) is 2.72. The Morgan fingerprint density at radius 3 is 2.38 bits per heavy atom. The molecule has 1 aromatic carbocycles. The second-order valence-corrected chi connectivity index (χ2v) is 7.59. The Labute approximate surface area is 144 Å². The molecule has 132 valence electrons. The standard InChI is InChI=1S/C20H29NO3/c1-11(2)10-21-17(23)9-15-8-16(22)19(20(15)24)18-13(4)6-12(3)7-14(18)5/h6-7,11,15-16,19,22H,8-10H2,1-5H3,(H,21,23). The number of ketones is 1. The van der Waals surface area contributed by atoms with Gasteiger partial charge in [-0.15, -0.1) is 0 Å². The molecule has 2 N–H and O–H groups in total. The normalized spacial score (nSPS) is 23.8. The Hall–Kier alpha value is -1.68. The van der Waals surface area contributed by atoms with Crippen molar-refractivity contribution in [3.63, 3.8) is 0 Å². The molecule has 0 heterocycles. The Kier molecular flexibility index (Phi) is 5.81. The fourth-order valence-corrected chi connectivity index (χ4v) is 3.80. The molecule has 1 saturated carbocycles. The third kappa shape index (κ3) is 4.04. The van der Waals surface area contributed by atoms with Crippen LogP contribution in [0.3, 0.4) is 0 Å². The zero-order chi connectivity index (χ0) is 18.0. The molecule has 0 spiro atoms. The lowest BCUT2D eigenvalue weighted by Gasteiger charge is -2.19. The van der Waals surface area contributed by atoms with Crippen molar-refractivity contribution in [3.8, 4) is 0 Å². The summed E-state index contributed by atoms with van der Waals surface area (Å²) in [5.74, 6) is -0.625. The minimum Gasteiger partial charge on any atom is -0.392 e. The van der Waals surface area contributed by atoms with E-state index < -0.39 is 17.9 Å². The molecule has 4 nitrogen and oxygen atoms in total. The van der Waals surface area contributed by atoms with Gasteiger partial charge in [0.1, 0.15) is 5.78 Å². The van der Waals surface area contributed by atoms with Gasteiger partial charge in [-0.25, -0.2) is 0 Å². The van der Waals surface area contributed by atoms with Gasteiger partial charge >= 0.3 is 0 Å². The highest BCUT2D eigenvalue weighted by molar-refractivity contribution is 5.94. The molecule has 1 aromatic rings. The molecule has 0 radical (unpaired) electrons. The number of nitrogens with one attached hydrogen (secondary N) is 1. The number of amides is 1.